The number of rotatable bonds is 5. The summed E-state index contributed by atoms with van der Waals surface area (Å²) in [5, 5.41) is 0. The molecule has 0 aliphatic heterocycles. The molecule has 1 aromatic heterocycles. The molecule has 1 heterocycles. The molecule has 0 saturated carbocycles. The Morgan fingerprint density at radius 2 is 1.56 bits per heavy atom. The molecule has 0 bridgehead atoms. The van der Waals surface area contributed by atoms with E-state index in [0.29, 0.717) is 17.7 Å². The van der Waals surface area contributed by atoms with Gasteiger partial charge in [-0.15, -0.1) is 0 Å². The molecule has 140 valence electrons. The average molecular weight is 395 g/mol. The number of aromatic nitrogens is 1. The number of nitrogens with zero attached hydrogens (tertiary/aromatic N) is 1. The highest BCUT2D eigenvalue weighted by Gasteiger charge is 2.32. The van der Waals surface area contributed by atoms with Gasteiger partial charge in [0.25, 0.3) is 0 Å². The van der Waals surface area contributed by atoms with Crippen LogP contribution in [0.1, 0.15) is 5.56 Å². The van der Waals surface area contributed by atoms with Gasteiger partial charge in [0.1, 0.15) is 16.4 Å². The summed E-state index contributed by atoms with van der Waals surface area (Å²) in [5.74, 6) is 0.668. The molecule has 27 heavy (non-hydrogen) atoms. The van der Waals surface area contributed by atoms with E-state index in [1.165, 1.54) is 24.3 Å². The Kier molecular flexibility index (Phi) is 5.04. The van der Waals surface area contributed by atoms with Crippen molar-refractivity contribution in [2.45, 2.75) is 11.1 Å². The van der Waals surface area contributed by atoms with Crippen LogP contribution < -0.4 is 8.92 Å². The number of pyridine rings is 1. The first-order valence-electron chi connectivity index (χ1n) is 7.55. The second-order valence-corrected chi connectivity index (χ2v) is 6.85. The molecular weight excluding hydrogens is 383 g/mol. The van der Waals surface area contributed by atoms with Crippen LogP contribution in [0.25, 0.3) is 0 Å². The minimum Gasteiger partial charge on any atom is -0.439 e. The van der Waals surface area contributed by atoms with E-state index in [1.807, 2.05) is 0 Å². The normalized spacial score (nSPS) is 11.8. The summed E-state index contributed by atoms with van der Waals surface area (Å²) in [7, 11) is -4.42. The summed E-state index contributed by atoms with van der Waals surface area (Å²) in [4.78, 5) is 3.39. The summed E-state index contributed by atoms with van der Waals surface area (Å²) in [6.45, 7) is 0. The Morgan fingerprint density at radius 3 is 2.19 bits per heavy atom. The predicted octanol–water partition coefficient (Wildman–Crippen LogP) is 4.66. The van der Waals surface area contributed by atoms with Crippen molar-refractivity contribution in [2.75, 3.05) is 0 Å². The van der Waals surface area contributed by atoms with E-state index in [9.17, 15) is 21.6 Å². The van der Waals surface area contributed by atoms with Gasteiger partial charge in [-0.05, 0) is 48.5 Å². The van der Waals surface area contributed by atoms with Crippen molar-refractivity contribution in [1.82, 2.24) is 4.98 Å². The fourth-order valence-electron chi connectivity index (χ4n) is 2.09. The fourth-order valence-corrected chi connectivity index (χ4v) is 3.07. The quantitative estimate of drug-likeness (QED) is 0.588. The number of halogens is 3. The topological polar surface area (TPSA) is 65.5 Å². The van der Waals surface area contributed by atoms with E-state index in [0.717, 1.165) is 18.2 Å². The number of alkyl halides is 3. The fraction of sp³-hybridized carbons (Fsp3) is 0.0556. The second-order valence-electron chi connectivity index (χ2n) is 5.30. The molecule has 0 aliphatic carbocycles. The zero-order valence-electron chi connectivity index (χ0n) is 13.6. The summed E-state index contributed by atoms with van der Waals surface area (Å²) in [5.41, 5.74) is -1.08. The Hall–Kier alpha value is -3.07. The van der Waals surface area contributed by atoms with Crippen LogP contribution in [0.3, 0.4) is 0 Å². The highest BCUT2D eigenvalue weighted by Crippen LogP contribution is 2.31. The van der Waals surface area contributed by atoms with Crippen molar-refractivity contribution in [2.24, 2.45) is 0 Å². The van der Waals surface area contributed by atoms with Crippen molar-refractivity contribution in [1.29, 1.82) is 0 Å². The maximum atomic E-state index is 12.8. The monoisotopic (exact) mass is 395 g/mol. The molecule has 0 fully saturated rings. The summed E-state index contributed by atoms with van der Waals surface area (Å²) in [6, 6.07) is 14.0. The highest BCUT2D eigenvalue weighted by atomic mass is 32.2. The van der Waals surface area contributed by atoms with Crippen LogP contribution in [0.15, 0.2) is 77.8 Å². The molecule has 0 aliphatic rings. The van der Waals surface area contributed by atoms with E-state index in [2.05, 4.69) is 4.98 Å². The number of benzene rings is 2. The molecule has 2 aromatic carbocycles. The van der Waals surface area contributed by atoms with E-state index in [4.69, 9.17) is 8.92 Å². The number of ether oxygens (including phenoxy) is 1. The van der Waals surface area contributed by atoms with Crippen molar-refractivity contribution in [3.05, 3.63) is 78.5 Å². The molecule has 0 unspecified atom stereocenters. The third-order valence-corrected chi connectivity index (χ3v) is 4.58. The Labute approximate surface area is 153 Å². The Morgan fingerprint density at radius 1 is 0.852 bits per heavy atom. The van der Waals surface area contributed by atoms with Crippen LogP contribution in [0, 0.1) is 0 Å². The van der Waals surface area contributed by atoms with Gasteiger partial charge in [0.2, 0.25) is 5.88 Å². The molecule has 0 spiro atoms. The Bertz CT molecular complexity index is 1020. The molecule has 3 rings (SSSR count). The average Bonchev–Trinajstić information content (AvgIpc) is 2.63. The first-order valence-corrected chi connectivity index (χ1v) is 8.95. The maximum Gasteiger partial charge on any atom is 0.416 e. The lowest BCUT2D eigenvalue weighted by molar-refractivity contribution is -0.137. The minimum atomic E-state index is -4.66. The Balaban J connectivity index is 1.76. The first kappa shape index (κ1) is 18.7. The lowest BCUT2D eigenvalue weighted by Gasteiger charge is -2.11. The van der Waals surface area contributed by atoms with Crippen molar-refractivity contribution < 1.29 is 30.5 Å². The molecule has 0 N–H and O–H groups in total. The van der Waals surface area contributed by atoms with Gasteiger partial charge in [-0.25, -0.2) is 4.98 Å². The standard InChI is InChI=1S/C18H12F3NO4S/c19-18(20,21)13-4-3-5-16(12-13)27(23,24)26-15-9-7-14(8-10-15)25-17-6-1-2-11-22-17/h1-12H. The van der Waals surface area contributed by atoms with Gasteiger partial charge in [0.05, 0.1) is 5.56 Å². The van der Waals surface area contributed by atoms with Gasteiger partial charge in [-0.2, -0.15) is 21.6 Å². The third kappa shape index (κ3) is 4.76. The van der Waals surface area contributed by atoms with Gasteiger partial charge < -0.3 is 8.92 Å². The van der Waals surface area contributed by atoms with Crippen LogP contribution >= 0.6 is 0 Å². The lowest BCUT2D eigenvalue weighted by atomic mass is 10.2. The smallest absolute Gasteiger partial charge is 0.416 e. The van der Waals surface area contributed by atoms with Crippen LogP contribution in [-0.4, -0.2) is 13.4 Å². The van der Waals surface area contributed by atoms with Crippen LogP contribution in [-0.2, 0) is 16.3 Å². The molecular formula is C18H12F3NO4S. The number of hydrogen-bond donors (Lipinski definition) is 0. The van der Waals surface area contributed by atoms with Gasteiger partial charge in [0, 0.05) is 12.3 Å². The van der Waals surface area contributed by atoms with Crippen LogP contribution in [0.2, 0.25) is 0 Å². The third-order valence-electron chi connectivity index (χ3n) is 3.34. The summed E-state index contributed by atoms with van der Waals surface area (Å²) >= 11 is 0. The first-order chi connectivity index (χ1) is 12.7. The van der Waals surface area contributed by atoms with E-state index < -0.39 is 26.8 Å². The van der Waals surface area contributed by atoms with Crippen LogP contribution in [0.4, 0.5) is 13.2 Å². The van der Waals surface area contributed by atoms with Gasteiger partial charge in [0.15, 0.2) is 0 Å². The van der Waals surface area contributed by atoms with Crippen LogP contribution in [0.5, 0.6) is 17.4 Å². The number of hydrogen-bond acceptors (Lipinski definition) is 5. The molecule has 0 radical (unpaired) electrons. The molecule has 5 nitrogen and oxygen atoms in total. The summed E-state index contributed by atoms with van der Waals surface area (Å²) < 4.78 is 73.1. The maximum absolute atomic E-state index is 12.8. The lowest BCUT2D eigenvalue weighted by Crippen LogP contribution is -2.12. The zero-order chi connectivity index (χ0) is 19.5. The molecule has 9 heteroatoms. The molecule has 0 amide bonds. The van der Waals surface area contributed by atoms with E-state index >= 15 is 0 Å². The highest BCUT2D eigenvalue weighted by molar-refractivity contribution is 7.87. The minimum absolute atomic E-state index is 0.0687. The van der Waals surface area contributed by atoms with Gasteiger partial charge in [-0.3, -0.25) is 0 Å². The summed E-state index contributed by atoms with van der Waals surface area (Å²) in [6.07, 6.45) is -3.11. The molecule has 0 saturated heterocycles. The van der Waals surface area contributed by atoms with E-state index in [-0.39, 0.29) is 5.75 Å². The largest absolute Gasteiger partial charge is 0.439 e. The SMILES string of the molecule is O=S(=O)(Oc1ccc(Oc2ccccn2)cc1)c1cccc(C(F)(F)F)c1. The van der Waals surface area contributed by atoms with E-state index in [1.54, 1.807) is 24.4 Å². The van der Waals surface area contributed by atoms with Crippen molar-refractivity contribution >= 4 is 10.1 Å². The second kappa shape index (κ2) is 7.28. The van der Waals surface area contributed by atoms with Gasteiger partial charge in [-0.1, -0.05) is 12.1 Å². The van der Waals surface area contributed by atoms with Gasteiger partial charge >= 0.3 is 16.3 Å². The predicted molar refractivity (Wildman–Crippen MR) is 90.0 cm³/mol. The molecule has 3 aromatic rings. The van der Waals surface area contributed by atoms with Crippen molar-refractivity contribution in [3.63, 3.8) is 0 Å². The zero-order valence-corrected chi connectivity index (χ0v) is 14.4. The molecule has 0 atom stereocenters. The van der Waals surface area contributed by atoms with Crippen molar-refractivity contribution in [3.8, 4) is 17.4 Å².